The highest BCUT2D eigenvalue weighted by molar-refractivity contribution is 4.82. The Morgan fingerprint density at radius 1 is 1.21 bits per heavy atom. The maximum absolute atomic E-state index is 3.45. The van der Waals surface area contributed by atoms with Gasteiger partial charge < -0.3 is 15.5 Å². The van der Waals surface area contributed by atoms with Crippen LogP contribution in [0.25, 0.3) is 0 Å². The van der Waals surface area contributed by atoms with Crippen LogP contribution in [0.2, 0.25) is 0 Å². The SMILES string of the molecule is CNCCNCCC1CN(C(C)C)C1. The van der Waals surface area contributed by atoms with E-state index in [0.717, 1.165) is 25.0 Å². The van der Waals surface area contributed by atoms with Crippen molar-refractivity contribution in [1.82, 2.24) is 15.5 Å². The van der Waals surface area contributed by atoms with Crippen LogP contribution in [-0.2, 0) is 0 Å². The molecule has 0 aromatic heterocycles. The highest BCUT2D eigenvalue weighted by atomic mass is 15.2. The molecule has 0 amide bonds. The summed E-state index contributed by atoms with van der Waals surface area (Å²) in [4.78, 5) is 2.54. The van der Waals surface area contributed by atoms with Gasteiger partial charge in [-0.15, -0.1) is 0 Å². The van der Waals surface area contributed by atoms with Gasteiger partial charge in [-0.2, -0.15) is 0 Å². The molecule has 84 valence electrons. The lowest BCUT2D eigenvalue weighted by atomic mass is 9.95. The second-order valence-corrected chi connectivity index (χ2v) is 4.56. The lowest BCUT2D eigenvalue weighted by Gasteiger charge is -2.42. The number of nitrogens with zero attached hydrogens (tertiary/aromatic N) is 1. The van der Waals surface area contributed by atoms with Crippen molar-refractivity contribution in [1.29, 1.82) is 0 Å². The molecule has 0 atom stereocenters. The summed E-state index contributed by atoms with van der Waals surface area (Å²) in [6, 6.07) is 0.739. The van der Waals surface area contributed by atoms with Crippen molar-refractivity contribution in [2.45, 2.75) is 26.3 Å². The van der Waals surface area contributed by atoms with E-state index in [1.54, 1.807) is 0 Å². The summed E-state index contributed by atoms with van der Waals surface area (Å²) in [5, 5.41) is 6.58. The van der Waals surface area contributed by atoms with Gasteiger partial charge in [0, 0.05) is 32.2 Å². The quantitative estimate of drug-likeness (QED) is 0.586. The molecule has 1 saturated heterocycles. The average Bonchev–Trinajstić information content (AvgIpc) is 2.06. The van der Waals surface area contributed by atoms with Crippen LogP contribution < -0.4 is 10.6 Å². The molecule has 1 aliphatic rings. The van der Waals surface area contributed by atoms with E-state index in [-0.39, 0.29) is 0 Å². The van der Waals surface area contributed by atoms with Gasteiger partial charge in [0.1, 0.15) is 0 Å². The summed E-state index contributed by atoms with van der Waals surface area (Å²) in [6.07, 6.45) is 1.34. The fraction of sp³-hybridized carbons (Fsp3) is 1.00. The molecule has 1 fully saturated rings. The van der Waals surface area contributed by atoms with Crippen LogP contribution in [0.1, 0.15) is 20.3 Å². The van der Waals surface area contributed by atoms with E-state index in [9.17, 15) is 0 Å². The third-order valence-electron chi connectivity index (χ3n) is 3.00. The van der Waals surface area contributed by atoms with Crippen molar-refractivity contribution in [2.75, 3.05) is 39.8 Å². The Balaban J connectivity index is 1.86. The second kappa shape index (κ2) is 6.38. The predicted molar refractivity (Wildman–Crippen MR) is 61.6 cm³/mol. The van der Waals surface area contributed by atoms with Gasteiger partial charge in [0.15, 0.2) is 0 Å². The van der Waals surface area contributed by atoms with Crippen molar-refractivity contribution in [3.63, 3.8) is 0 Å². The summed E-state index contributed by atoms with van der Waals surface area (Å²) in [5.74, 6) is 0.944. The molecule has 3 nitrogen and oxygen atoms in total. The van der Waals surface area contributed by atoms with Crippen molar-refractivity contribution in [2.24, 2.45) is 5.92 Å². The normalized spacial score (nSPS) is 18.9. The Kier molecular flexibility index (Phi) is 5.45. The lowest BCUT2D eigenvalue weighted by Crippen LogP contribution is -2.50. The van der Waals surface area contributed by atoms with Gasteiger partial charge in [-0.3, -0.25) is 0 Å². The third kappa shape index (κ3) is 3.95. The topological polar surface area (TPSA) is 27.3 Å². The van der Waals surface area contributed by atoms with Crippen LogP contribution in [0.4, 0.5) is 0 Å². The molecule has 14 heavy (non-hydrogen) atoms. The molecule has 3 heteroatoms. The molecule has 0 saturated carbocycles. The first-order chi connectivity index (χ1) is 6.74. The van der Waals surface area contributed by atoms with Gasteiger partial charge >= 0.3 is 0 Å². The Morgan fingerprint density at radius 2 is 1.93 bits per heavy atom. The number of likely N-dealkylation sites (tertiary alicyclic amines) is 1. The van der Waals surface area contributed by atoms with E-state index in [1.165, 1.54) is 26.1 Å². The molecule has 0 radical (unpaired) electrons. The van der Waals surface area contributed by atoms with Gasteiger partial charge in [-0.25, -0.2) is 0 Å². The van der Waals surface area contributed by atoms with Gasteiger partial charge in [0.2, 0.25) is 0 Å². The van der Waals surface area contributed by atoms with Crippen LogP contribution in [0.15, 0.2) is 0 Å². The van der Waals surface area contributed by atoms with Crippen LogP contribution in [-0.4, -0.2) is 50.7 Å². The first-order valence-electron chi connectivity index (χ1n) is 5.83. The number of nitrogens with one attached hydrogen (secondary N) is 2. The molecule has 0 aromatic carbocycles. The third-order valence-corrected chi connectivity index (χ3v) is 3.00. The maximum Gasteiger partial charge on any atom is 0.00766 e. The van der Waals surface area contributed by atoms with E-state index < -0.39 is 0 Å². The van der Waals surface area contributed by atoms with Crippen LogP contribution in [0, 0.1) is 5.92 Å². The Hall–Kier alpha value is -0.120. The molecule has 0 aromatic rings. The van der Waals surface area contributed by atoms with Crippen LogP contribution in [0.5, 0.6) is 0 Å². The van der Waals surface area contributed by atoms with Gasteiger partial charge in [-0.1, -0.05) is 0 Å². The Morgan fingerprint density at radius 3 is 2.50 bits per heavy atom. The molecule has 0 spiro atoms. The van der Waals surface area contributed by atoms with Crippen LogP contribution >= 0.6 is 0 Å². The summed E-state index contributed by atoms with van der Waals surface area (Å²) in [6.45, 7) is 10.5. The zero-order valence-electron chi connectivity index (χ0n) is 9.84. The smallest absolute Gasteiger partial charge is 0.00766 e. The number of rotatable bonds is 7. The molecule has 1 rings (SSSR count). The zero-order valence-corrected chi connectivity index (χ0v) is 9.84. The summed E-state index contributed by atoms with van der Waals surface area (Å²) >= 11 is 0. The first-order valence-corrected chi connectivity index (χ1v) is 5.83. The van der Waals surface area contributed by atoms with Gasteiger partial charge in [-0.05, 0) is 39.8 Å². The maximum atomic E-state index is 3.45. The highest BCUT2D eigenvalue weighted by Crippen LogP contribution is 2.20. The molecule has 1 heterocycles. The van der Waals surface area contributed by atoms with Crippen molar-refractivity contribution in [3.8, 4) is 0 Å². The summed E-state index contributed by atoms with van der Waals surface area (Å²) in [5.41, 5.74) is 0. The van der Waals surface area contributed by atoms with E-state index in [0.29, 0.717) is 0 Å². The number of likely N-dealkylation sites (N-methyl/N-ethyl adjacent to an activating group) is 1. The van der Waals surface area contributed by atoms with E-state index in [4.69, 9.17) is 0 Å². The molecular formula is C11H25N3. The minimum atomic E-state index is 0.739. The molecular weight excluding hydrogens is 174 g/mol. The highest BCUT2D eigenvalue weighted by Gasteiger charge is 2.27. The summed E-state index contributed by atoms with van der Waals surface area (Å²) in [7, 11) is 1.99. The minimum Gasteiger partial charge on any atom is -0.318 e. The second-order valence-electron chi connectivity index (χ2n) is 4.56. The Labute approximate surface area is 88.2 Å². The van der Waals surface area contributed by atoms with Gasteiger partial charge in [0.25, 0.3) is 0 Å². The largest absolute Gasteiger partial charge is 0.318 e. The molecule has 0 bridgehead atoms. The van der Waals surface area contributed by atoms with E-state index >= 15 is 0 Å². The standard InChI is InChI=1S/C11H25N3/c1-10(2)14-8-11(9-14)4-5-13-7-6-12-3/h10-13H,4-9H2,1-3H3. The van der Waals surface area contributed by atoms with E-state index in [2.05, 4.69) is 29.4 Å². The molecule has 0 unspecified atom stereocenters. The fourth-order valence-electron chi connectivity index (χ4n) is 1.86. The number of hydrogen-bond donors (Lipinski definition) is 2. The molecule has 2 N–H and O–H groups in total. The van der Waals surface area contributed by atoms with Crippen molar-refractivity contribution in [3.05, 3.63) is 0 Å². The first kappa shape index (κ1) is 12.0. The van der Waals surface area contributed by atoms with Gasteiger partial charge in [0.05, 0.1) is 0 Å². The van der Waals surface area contributed by atoms with Crippen molar-refractivity contribution >= 4 is 0 Å². The number of hydrogen-bond acceptors (Lipinski definition) is 3. The molecule has 1 aliphatic heterocycles. The molecule has 0 aliphatic carbocycles. The average molecular weight is 199 g/mol. The van der Waals surface area contributed by atoms with Crippen molar-refractivity contribution < 1.29 is 0 Å². The fourth-order valence-corrected chi connectivity index (χ4v) is 1.86. The minimum absolute atomic E-state index is 0.739. The summed E-state index contributed by atoms with van der Waals surface area (Å²) < 4.78 is 0. The zero-order chi connectivity index (χ0) is 10.4. The lowest BCUT2D eigenvalue weighted by molar-refractivity contribution is 0.0630. The monoisotopic (exact) mass is 199 g/mol. The van der Waals surface area contributed by atoms with Crippen LogP contribution in [0.3, 0.4) is 0 Å². The Bertz CT molecular complexity index is 141. The van der Waals surface area contributed by atoms with E-state index in [1.807, 2.05) is 7.05 Å². The predicted octanol–water partition coefficient (Wildman–Crippen LogP) is 0.526.